The zero-order chi connectivity index (χ0) is 17.1. The van der Waals surface area contributed by atoms with Gasteiger partial charge in [0.25, 0.3) is 0 Å². The average molecular weight is 381 g/mol. The van der Waals surface area contributed by atoms with Crippen molar-refractivity contribution in [1.29, 1.82) is 0 Å². The first kappa shape index (κ1) is 19.0. The zero-order valence-corrected chi connectivity index (χ0v) is 14.8. The maximum atomic E-state index is 13.0. The molecule has 8 heteroatoms. The van der Waals surface area contributed by atoms with E-state index in [0.717, 1.165) is 11.1 Å². The summed E-state index contributed by atoms with van der Waals surface area (Å²) in [5.74, 6) is 0.178. The highest BCUT2D eigenvalue weighted by Crippen LogP contribution is 2.27. The van der Waals surface area contributed by atoms with E-state index in [1.54, 1.807) is 18.2 Å². The van der Waals surface area contributed by atoms with E-state index in [2.05, 4.69) is 9.98 Å². The molecule has 132 valence electrons. The molecule has 0 aliphatic carbocycles. The van der Waals surface area contributed by atoms with Crippen LogP contribution in [0.1, 0.15) is 17.3 Å². The number of hydrogen-bond acceptors (Lipinski definition) is 5. The standard InChI is InChI=1S/C17H17ClFN5.ClH/c18-13-3-1-2-12(10-13)15-22-16(20)23-17(21)24(15)9-8-11-4-6-14(19)7-5-11;/h1-7,10,15H,8-9H2,(H4,20,21,22,23);1H/p-1. The summed E-state index contributed by atoms with van der Waals surface area (Å²) in [5.41, 5.74) is 13.7. The van der Waals surface area contributed by atoms with Crippen molar-refractivity contribution in [1.82, 2.24) is 4.90 Å². The third kappa shape index (κ3) is 4.61. The van der Waals surface area contributed by atoms with Gasteiger partial charge in [0.05, 0.1) is 0 Å². The van der Waals surface area contributed by atoms with Crippen molar-refractivity contribution >= 4 is 23.5 Å². The van der Waals surface area contributed by atoms with Crippen molar-refractivity contribution in [2.24, 2.45) is 21.5 Å². The molecular weight excluding hydrogens is 364 g/mol. The molecule has 0 amide bonds. The molecule has 1 unspecified atom stereocenters. The molecule has 0 aromatic heterocycles. The molecule has 2 aromatic carbocycles. The van der Waals surface area contributed by atoms with Crippen LogP contribution in [-0.4, -0.2) is 23.4 Å². The van der Waals surface area contributed by atoms with Crippen LogP contribution in [-0.2, 0) is 6.42 Å². The molecule has 1 aliphatic rings. The van der Waals surface area contributed by atoms with Gasteiger partial charge in [-0.1, -0.05) is 35.9 Å². The Morgan fingerprint density at radius 1 is 1.12 bits per heavy atom. The summed E-state index contributed by atoms with van der Waals surface area (Å²) < 4.78 is 13.0. The molecule has 25 heavy (non-hydrogen) atoms. The van der Waals surface area contributed by atoms with Crippen LogP contribution >= 0.6 is 11.6 Å². The van der Waals surface area contributed by atoms with Gasteiger partial charge in [-0.3, -0.25) is 0 Å². The van der Waals surface area contributed by atoms with E-state index in [9.17, 15) is 4.39 Å². The molecular formula is C17H17Cl2FN5-. The van der Waals surface area contributed by atoms with Crippen LogP contribution in [0.2, 0.25) is 5.02 Å². The van der Waals surface area contributed by atoms with Gasteiger partial charge in [0, 0.05) is 11.6 Å². The van der Waals surface area contributed by atoms with Crippen LogP contribution < -0.4 is 23.9 Å². The highest BCUT2D eigenvalue weighted by atomic mass is 35.5. The highest BCUT2D eigenvalue weighted by molar-refractivity contribution is 6.30. The summed E-state index contributed by atoms with van der Waals surface area (Å²) in [5, 5.41) is 0.612. The van der Waals surface area contributed by atoms with Crippen LogP contribution in [0.5, 0.6) is 0 Å². The van der Waals surface area contributed by atoms with Gasteiger partial charge in [0.2, 0.25) is 11.9 Å². The van der Waals surface area contributed by atoms with Gasteiger partial charge >= 0.3 is 0 Å². The predicted octanol–water partition coefficient (Wildman–Crippen LogP) is -0.331. The lowest BCUT2D eigenvalue weighted by Gasteiger charge is -2.32. The number of halogens is 3. The first-order valence-electron chi connectivity index (χ1n) is 7.47. The summed E-state index contributed by atoms with van der Waals surface area (Å²) in [6.07, 6.45) is 0.282. The van der Waals surface area contributed by atoms with Crippen molar-refractivity contribution in [3.05, 3.63) is 70.5 Å². The summed E-state index contributed by atoms with van der Waals surface area (Å²) in [7, 11) is 0. The van der Waals surface area contributed by atoms with Crippen LogP contribution in [0.4, 0.5) is 4.39 Å². The highest BCUT2D eigenvalue weighted by Gasteiger charge is 2.25. The molecule has 5 nitrogen and oxygen atoms in total. The molecule has 0 saturated heterocycles. The fourth-order valence-corrected chi connectivity index (χ4v) is 2.79. The monoisotopic (exact) mass is 380 g/mol. The molecule has 3 rings (SSSR count). The smallest absolute Gasteiger partial charge is 0.220 e. The minimum atomic E-state index is -0.387. The average Bonchev–Trinajstić information content (AvgIpc) is 2.55. The largest absolute Gasteiger partial charge is 1.00 e. The van der Waals surface area contributed by atoms with Crippen molar-refractivity contribution in [3.8, 4) is 0 Å². The van der Waals surface area contributed by atoms with E-state index in [1.807, 2.05) is 23.1 Å². The second kappa shape index (κ2) is 8.18. The summed E-state index contributed by atoms with van der Waals surface area (Å²) >= 11 is 6.08. The van der Waals surface area contributed by atoms with Crippen molar-refractivity contribution in [2.75, 3.05) is 6.54 Å². The van der Waals surface area contributed by atoms with Gasteiger partial charge in [-0.2, -0.15) is 4.99 Å². The Kier molecular flexibility index (Phi) is 6.22. The fraction of sp³-hybridized carbons (Fsp3) is 0.176. The Balaban J connectivity index is 0.00000225. The number of nitrogens with zero attached hydrogens (tertiary/aromatic N) is 3. The maximum Gasteiger partial charge on any atom is 0.220 e. The SMILES string of the molecule is NC1=NC(c2cccc(Cl)c2)N(CCc2ccc(F)cc2)C(N)=N1.[Cl-]. The molecule has 1 heterocycles. The summed E-state index contributed by atoms with van der Waals surface area (Å²) in [6.45, 7) is 0.564. The Hall–Kier alpha value is -2.31. The predicted molar refractivity (Wildman–Crippen MR) is 94.2 cm³/mol. The van der Waals surface area contributed by atoms with E-state index >= 15 is 0 Å². The molecule has 0 saturated carbocycles. The van der Waals surface area contributed by atoms with Crippen molar-refractivity contribution < 1.29 is 16.8 Å². The number of guanidine groups is 2. The quantitative estimate of drug-likeness (QED) is 0.761. The van der Waals surface area contributed by atoms with Crippen LogP contribution in [0.25, 0.3) is 0 Å². The van der Waals surface area contributed by atoms with E-state index in [-0.39, 0.29) is 30.3 Å². The Morgan fingerprint density at radius 2 is 1.84 bits per heavy atom. The first-order valence-corrected chi connectivity index (χ1v) is 7.85. The van der Waals surface area contributed by atoms with Gasteiger partial charge < -0.3 is 28.8 Å². The summed E-state index contributed by atoms with van der Waals surface area (Å²) in [4.78, 5) is 10.3. The Bertz CT molecular complexity index is 792. The molecule has 0 fully saturated rings. The number of hydrogen-bond donors (Lipinski definition) is 2. The maximum absolute atomic E-state index is 13.0. The van der Waals surface area contributed by atoms with Crippen LogP contribution in [0.3, 0.4) is 0 Å². The molecule has 0 bridgehead atoms. The number of nitrogens with two attached hydrogens (primary N) is 2. The van der Waals surface area contributed by atoms with Crippen LogP contribution in [0.15, 0.2) is 58.5 Å². The topological polar surface area (TPSA) is 80.0 Å². The Morgan fingerprint density at radius 3 is 2.52 bits per heavy atom. The van der Waals surface area contributed by atoms with Crippen LogP contribution in [0, 0.1) is 5.82 Å². The van der Waals surface area contributed by atoms with Gasteiger partial charge in [-0.05, 0) is 41.8 Å². The lowest BCUT2D eigenvalue weighted by Crippen LogP contribution is -3.00. The molecule has 0 spiro atoms. The normalized spacial score (nSPS) is 16.7. The van der Waals surface area contributed by atoms with Gasteiger partial charge in [-0.25, -0.2) is 9.38 Å². The number of aliphatic imine (C=N–C) groups is 2. The molecule has 1 aliphatic heterocycles. The van der Waals surface area contributed by atoms with Gasteiger partial charge in [-0.15, -0.1) is 0 Å². The van der Waals surface area contributed by atoms with Gasteiger partial charge in [0.1, 0.15) is 5.82 Å². The van der Waals surface area contributed by atoms with E-state index in [1.165, 1.54) is 12.1 Å². The lowest BCUT2D eigenvalue weighted by atomic mass is 10.1. The van der Waals surface area contributed by atoms with E-state index in [0.29, 0.717) is 23.9 Å². The second-order valence-electron chi connectivity index (χ2n) is 5.46. The zero-order valence-electron chi connectivity index (χ0n) is 13.2. The number of benzene rings is 2. The number of rotatable bonds is 4. The Labute approximate surface area is 156 Å². The molecule has 1 atom stereocenters. The first-order chi connectivity index (χ1) is 11.5. The molecule has 2 aromatic rings. The van der Waals surface area contributed by atoms with Crippen molar-refractivity contribution in [2.45, 2.75) is 12.6 Å². The third-order valence-electron chi connectivity index (χ3n) is 3.77. The lowest BCUT2D eigenvalue weighted by molar-refractivity contribution is -0.00000592. The van der Waals surface area contributed by atoms with Gasteiger partial charge in [0.15, 0.2) is 6.17 Å². The van der Waals surface area contributed by atoms with E-state index in [4.69, 9.17) is 23.1 Å². The van der Waals surface area contributed by atoms with Crippen molar-refractivity contribution in [3.63, 3.8) is 0 Å². The minimum Gasteiger partial charge on any atom is -1.00 e. The fourth-order valence-electron chi connectivity index (χ4n) is 2.59. The third-order valence-corrected chi connectivity index (χ3v) is 4.01. The second-order valence-corrected chi connectivity index (χ2v) is 5.89. The minimum absolute atomic E-state index is 0. The summed E-state index contributed by atoms with van der Waals surface area (Å²) in [6, 6.07) is 13.8. The van der Waals surface area contributed by atoms with E-state index < -0.39 is 0 Å². The molecule has 0 radical (unpaired) electrons. The molecule has 4 N–H and O–H groups in total.